The minimum atomic E-state index is 0.115. The summed E-state index contributed by atoms with van der Waals surface area (Å²) in [5, 5.41) is 0. The molecule has 2 saturated carbocycles. The van der Waals surface area contributed by atoms with Crippen molar-refractivity contribution in [1.82, 2.24) is 4.90 Å². The van der Waals surface area contributed by atoms with E-state index in [9.17, 15) is 4.79 Å². The molecule has 2 bridgehead atoms. The largest absolute Gasteiger partial charge is 0.341 e. The molecule has 0 aromatic heterocycles. The number of fused-ring (bicyclic) bond motifs is 2. The first-order valence-corrected chi connectivity index (χ1v) is 7.91. The molecule has 1 aromatic carbocycles. The minimum Gasteiger partial charge on any atom is -0.341 e. The van der Waals surface area contributed by atoms with Crippen molar-refractivity contribution in [2.75, 3.05) is 19.0 Å². The predicted molar refractivity (Wildman–Crippen MR) is 84.9 cm³/mol. The van der Waals surface area contributed by atoms with Crippen LogP contribution in [0.2, 0.25) is 0 Å². The minimum absolute atomic E-state index is 0.115. The standard InChI is InChI=1S/C17H25N3O/c1-11-7-14(5-6-16(11)19-18)17(21)20(2)10-15-9-12-3-4-13(15)8-12/h5-7,12-13,15,19H,3-4,8-10,18H2,1-2H3. The van der Waals surface area contributed by atoms with Crippen molar-refractivity contribution in [3.8, 4) is 0 Å². The van der Waals surface area contributed by atoms with Gasteiger partial charge in [0.1, 0.15) is 0 Å². The number of carbonyl (C=O) groups is 1. The summed E-state index contributed by atoms with van der Waals surface area (Å²) in [6.45, 7) is 2.86. The highest BCUT2D eigenvalue weighted by Gasteiger charge is 2.40. The highest BCUT2D eigenvalue weighted by atomic mass is 16.2. The molecule has 4 nitrogen and oxygen atoms in total. The zero-order chi connectivity index (χ0) is 15.0. The van der Waals surface area contributed by atoms with Crippen LogP contribution in [0.3, 0.4) is 0 Å². The maximum Gasteiger partial charge on any atom is 0.253 e. The van der Waals surface area contributed by atoms with Crippen LogP contribution in [0.4, 0.5) is 5.69 Å². The number of aryl methyl sites for hydroxylation is 1. The van der Waals surface area contributed by atoms with Gasteiger partial charge in [0, 0.05) is 19.2 Å². The van der Waals surface area contributed by atoms with E-state index in [4.69, 9.17) is 5.84 Å². The molecule has 2 aliphatic carbocycles. The Bertz CT molecular complexity index is 543. The van der Waals surface area contributed by atoms with E-state index in [-0.39, 0.29) is 5.91 Å². The molecule has 0 radical (unpaired) electrons. The molecule has 2 fully saturated rings. The third-order valence-corrected chi connectivity index (χ3v) is 5.37. The van der Waals surface area contributed by atoms with Gasteiger partial charge in [0.25, 0.3) is 5.91 Å². The summed E-state index contributed by atoms with van der Waals surface area (Å²) in [7, 11) is 1.93. The third kappa shape index (κ3) is 2.77. The van der Waals surface area contributed by atoms with Gasteiger partial charge in [0.15, 0.2) is 0 Å². The van der Waals surface area contributed by atoms with Crippen LogP contribution < -0.4 is 11.3 Å². The topological polar surface area (TPSA) is 58.4 Å². The maximum absolute atomic E-state index is 12.6. The zero-order valence-corrected chi connectivity index (χ0v) is 12.9. The van der Waals surface area contributed by atoms with Gasteiger partial charge >= 0.3 is 0 Å². The van der Waals surface area contributed by atoms with Crippen LogP contribution in [0.15, 0.2) is 18.2 Å². The normalized spacial score (nSPS) is 26.9. The van der Waals surface area contributed by atoms with Crippen molar-refractivity contribution in [3.63, 3.8) is 0 Å². The number of hydrogen-bond donors (Lipinski definition) is 2. The van der Waals surface area contributed by atoms with Crippen LogP contribution in [0, 0.1) is 24.7 Å². The lowest BCUT2D eigenvalue weighted by atomic mass is 9.88. The van der Waals surface area contributed by atoms with Gasteiger partial charge in [-0.1, -0.05) is 6.42 Å². The van der Waals surface area contributed by atoms with E-state index in [0.717, 1.165) is 35.2 Å². The summed E-state index contributed by atoms with van der Waals surface area (Å²) in [6, 6.07) is 5.63. The van der Waals surface area contributed by atoms with Crippen molar-refractivity contribution in [1.29, 1.82) is 0 Å². The summed E-state index contributed by atoms with van der Waals surface area (Å²) in [6.07, 6.45) is 5.49. The number of nitrogens with two attached hydrogens (primary N) is 1. The molecule has 0 spiro atoms. The first-order valence-electron chi connectivity index (χ1n) is 7.91. The van der Waals surface area contributed by atoms with Gasteiger partial charge in [-0.05, 0) is 67.7 Å². The van der Waals surface area contributed by atoms with Gasteiger partial charge in [-0.3, -0.25) is 10.6 Å². The summed E-state index contributed by atoms with van der Waals surface area (Å²) in [4.78, 5) is 14.5. The number of nitrogen functional groups attached to an aromatic ring is 1. The van der Waals surface area contributed by atoms with E-state index < -0.39 is 0 Å². The van der Waals surface area contributed by atoms with Gasteiger partial charge in [0.2, 0.25) is 0 Å². The van der Waals surface area contributed by atoms with E-state index >= 15 is 0 Å². The Kier molecular flexibility index (Phi) is 3.89. The van der Waals surface area contributed by atoms with E-state index in [2.05, 4.69) is 5.43 Å². The Morgan fingerprint density at radius 2 is 2.19 bits per heavy atom. The molecule has 0 aliphatic heterocycles. The third-order valence-electron chi connectivity index (χ3n) is 5.37. The fourth-order valence-electron chi connectivity index (χ4n) is 4.21. The molecule has 3 atom stereocenters. The van der Waals surface area contributed by atoms with Gasteiger partial charge in [-0.15, -0.1) is 0 Å². The lowest BCUT2D eigenvalue weighted by Gasteiger charge is -2.27. The van der Waals surface area contributed by atoms with Crippen LogP contribution >= 0.6 is 0 Å². The molecule has 0 saturated heterocycles. The Balaban J connectivity index is 1.65. The number of anilines is 1. The quantitative estimate of drug-likeness (QED) is 0.661. The smallest absolute Gasteiger partial charge is 0.253 e. The number of rotatable bonds is 4. The van der Waals surface area contributed by atoms with Gasteiger partial charge < -0.3 is 10.3 Å². The molecule has 21 heavy (non-hydrogen) atoms. The number of nitrogens with zero attached hydrogens (tertiary/aromatic N) is 1. The van der Waals surface area contributed by atoms with E-state index in [0.29, 0.717) is 5.92 Å². The van der Waals surface area contributed by atoms with E-state index in [1.54, 1.807) is 0 Å². The molecule has 3 unspecified atom stereocenters. The Morgan fingerprint density at radius 3 is 2.76 bits per heavy atom. The number of amides is 1. The van der Waals surface area contributed by atoms with Gasteiger partial charge in [-0.25, -0.2) is 0 Å². The number of nitrogens with one attached hydrogen (secondary N) is 1. The Labute approximate surface area is 126 Å². The molecule has 2 aliphatic rings. The average Bonchev–Trinajstić information content (AvgIpc) is 3.08. The number of hydrogen-bond acceptors (Lipinski definition) is 3. The predicted octanol–water partition coefficient (Wildman–Crippen LogP) is 2.79. The molecular formula is C17H25N3O. The first kappa shape index (κ1) is 14.4. The van der Waals surface area contributed by atoms with Crippen LogP contribution in [0.25, 0.3) is 0 Å². The van der Waals surface area contributed by atoms with Crippen molar-refractivity contribution < 1.29 is 4.79 Å². The lowest BCUT2D eigenvalue weighted by molar-refractivity contribution is 0.0754. The fourth-order valence-corrected chi connectivity index (χ4v) is 4.21. The van der Waals surface area contributed by atoms with Gasteiger partial charge in [0.05, 0.1) is 5.69 Å². The monoisotopic (exact) mass is 287 g/mol. The SMILES string of the molecule is Cc1cc(C(=O)N(C)CC2CC3CCC2C3)ccc1NN. The maximum atomic E-state index is 12.6. The first-order chi connectivity index (χ1) is 10.1. The summed E-state index contributed by atoms with van der Waals surface area (Å²) in [5.74, 6) is 8.05. The van der Waals surface area contributed by atoms with E-state index in [1.807, 2.05) is 37.1 Å². The second-order valence-electron chi connectivity index (χ2n) is 6.79. The highest BCUT2D eigenvalue weighted by Crippen LogP contribution is 2.48. The molecule has 114 valence electrons. The highest BCUT2D eigenvalue weighted by molar-refractivity contribution is 5.94. The molecule has 1 aromatic rings. The van der Waals surface area contributed by atoms with Gasteiger partial charge in [-0.2, -0.15) is 0 Å². The van der Waals surface area contributed by atoms with Crippen molar-refractivity contribution in [2.24, 2.45) is 23.6 Å². The van der Waals surface area contributed by atoms with Crippen molar-refractivity contribution in [2.45, 2.75) is 32.6 Å². The summed E-state index contributed by atoms with van der Waals surface area (Å²) in [5.41, 5.74) is 5.25. The summed E-state index contributed by atoms with van der Waals surface area (Å²) >= 11 is 0. The van der Waals surface area contributed by atoms with Crippen molar-refractivity contribution in [3.05, 3.63) is 29.3 Å². The van der Waals surface area contributed by atoms with E-state index in [1.165, 1.54) is 25.7 Å². The molecule has 0 heterocycles. The number of hydrazine groups is 1. The Hall–Kier alpha value is -1.55. The summed E-state index contributed by atoms with van der Waals surface area (Å²) < 4.78 is 0. The number of benzene rings is 1. The second-order valence-corrected chi connectivity index (χ2v) is 6.79. The van der Waals surface area contributed by atoms with Crippen molar-refractivity contribution >= 4 is 11.6 Å². The Morgan fingerprint density at radius 1 is 1.38 bits per heavy atom. The molecule has 4 heteroatoms. The fraction of sp³-hybridized carbons (Fsp3) is 0.588. The van der Waals surface area contributed by atoms with Crippen LogP contribution in [0.5, 0.6) is 0 Å². The molecule has 1 amide bonds. The second kappa shape index (κ2) is 5.68. The zero-order valence-electron chi connectivity index (χ0n) is 12.9. The lowest BCUT2D eigenvalue weighted by Crippen LogP contribution is -2.33. The van der Waals surface area contributed by atoms with Crippen LogP contribution in [-0.4, -0.2) is 24.4 Å². The van der Waals surface area contributed by atoms with Crippen LogP contribution in [-0.2, 0) is 0 Å². The molecule has 3 N–H and O–H groups in total. The van der Waals surface area contributed by atoms with Crippen LogP contribution in [0.1, 0.15) is 41.6 Å². The average molecular weight is 287 g/mol. The number of carbonyl (C=O) groups excluding carboxylic acids is 1. The molecular weight excluding hydrogens is 262 g/mol. The molecule has 3 rings (SSSR count).